The fourth-order valence-electron chi connectivity index (χ4n) is 2.40. The summed E-state index contributed by atoms with van der Waals surface area (Å²) in [6, 6.07) is 12.1. The van der Waals surface area contributed by atoms with Crippen LogP contribution in [-0.2, 0) is 4.79 Å². The second-order valence-electron chi connectivity index (χ2n) is 5.26. The topological polar surface area (TPSA) is 67.4 Å². The predicted octanol–water partition coefficient (Wildman–Crippen LogP) is 3.16. The second kappa shape index (κ2) is 6.30. The second-order valence-corrected chi connectivity index (χ2v) is 5.67. The molecule has 3 rings (SSSR count). The number of amides is 2. The molecule has 2 aromatic carbocycles. The number of benzene rings is 2. The molecule has 1 aliphatic heterocycles. The van der Waals surface area contributed by atoms with Crippen molar-refractivity contribution in [2.24, 2.45) is 0 Å². The Kier molecular flexibility index (Phi) is 4.21. The van der Waals surface area contributed by atoms with Gasteiger partial charge >= 0.3 is 0 Å². The molecule has 0 saturated carbocycles. The number of hydrogen-bond acceptors (Lipinski definition) is 3. The van der Waals surface area contributed by atoms with Crippen LogP contribution >= 0.6 is 11.6 Å². The van der Waals surface area contributed by atoms with Crippen molar-refractivity contribution in [1.82, 2.24) is 5.32 Å². The number of nitrogens with one attached hydrogen (secondary N) is 2. The zero-order valence-electron chi connectivity index (χ0n) is 12.4. The van der Waals surface area contributed by atoms with Crippen LogP contribution in [-0.4, -0.2) is 18.4 Å². The van der Waals surface area contributed by atoms with Gasteiger partial charge in [0.15, 0.2) is 6.61 Å². The molecule has 0 unspecified atom stereocenters. The van der Waals surface area contributed by atoms with Crippen molar-refractivity contribution in [2.45, 2.75) is 13.0 Å². The van der Waals surface area contributed by atoms with Gasteiger partial charge in [-0.1, -0.05) is 29.8 Å². The molecule has 0 radical (unpaired) electrons. The quantitative estimate of drug-likeness (QED) is 0.908. The van der Waals surface area contributed by atoms with E-state index in [0.29, 0.717) is 22.0 Å². The summed E-state index contributed by atoms with van der Waals surface area (Å²) in [7, 11) is 0. The lowest BCUT2D eigenvalue weighted by Gasteiger charge is -2.19. The van der Waals surface area contributed by atoms with E-state index in [1.165, 1.54) is 0 Å². The molecule has 0 fully saturated rings. The zero-order valence-corrected chi connectivity index (χ0v) is 13.2. The molecule has 0 bridgehead atoms. The maximum atomic E-state index is 12.4. The highest BCUT2D eigenvalue weighted by molar-refractivity contribution is 6.31. The van der Waals surface area contributed by atoms with Crippen LogP contribution in [0.2, 0.25) is 5.02 Å². The Bertz CT molecular complexity index is 776. The molecule has 0 aliphatic carbocycles. The summed E-state index contributed by atoms with van der Waals surface area (Å²) in [5, 5.41) is 6.20. The molecule has 1 aliphatic rings. The molecule has 2 amide bonds. The molecule has 0 saturated heterocycles. The maximum Gasteiger partial charge on any atom is 0.262 e. The minimum Gasteiger partial charge on any atom is -0.482 e. The summed E-state index contributed by atoms with van der Waals surface area (Å²) in [5.41, 5.74) is 1.87. The minimum absolute atomic E-state index is 0.0475. The summed E-state index contributed by atoms with van der Waals surface area (Å²) in [6.07, 6.45) is 0. The van der Waals surface area contributed by atoms with Crippen molar-refractivity contribution in [3.8, 4) is 5.75 Å². The lowest BCUT2D eigenvalue weighted by atomic mass is 10.1. The fourth-order valence-corrected chi connectivity index (χ4v) is 2.70. The lowest BCUT2D eigenvalue weighted by molar-refractivity contribution is -0.118. The van der Waals surface area contributed by atoms with Crippen molar-refractivity contribution in [3.05, 3.63) is 58.6 Å². The third-order valence-electron chi connectivity index (χ3n) is 3.60. The first kappa shape index (κ1) is 15.4. The average Bonchev–Trinajstić information content (AvgIpc) is 2.54. The Morgan fingerprint density at radius 3 is 2.87 bits per heavy atom. The van der Waals surface area contributed by atoms with Crippen LogP contribution in [0.15, 0.2) is 42.5 Å². The molecule has 2 aromatic rings. The molecule has 6 heteroatoms. The summed E-state index contributed by atoms with van der Waals surface area (Å²) in [5.74, 6) is 0.0467. The SMILES string of the molecule is C[C@@H](NC(=O)c1ccc2c(c1)OCC(=O)N2)c1ccccc1Cl. The normalized spacial score (nSPS) is 14.3. The third-order valence-corrected chi connectivity index (χ3v) is 3.94. The van der Waals surface area contributed by atoms with Gasteiger partial charge in [-0.25, -0.2) is 0 Å². The number of anilines is 1. The molecular weight excluding hydrogens is 316 g/mol. The minimum atomic E-state index is -0.235. The summed E-state index contributed by atoms with van der Waals surface area (Å²) in [4.78, 5) is 23.6. The standard InChI is InChI=1S/C17H15ClN2O3/c1-10(12-4-2-3-5-13(12)18)19-17(22)11-6-7-14-15(8-11)23-9-16(21)20-14/h2-8,10H,9H2,1H3,(H,19,22)(H,20,21)/t10-/m1/s1. The van der Waals surface area contributed by atoms with E-state index in [1.54, 1.807) is 24.3 Å². The van der Waals surface area contributed by atoms with Crippen molar-refractivity contribution < 1.29 is 14.3 Å². The zero-order chi connectivity index (χ0) is 16.4. The molecule has 2 N–H and O–H groups in total. The smallest absolute Gasteiger partial charge is 0.262 e. The summed E-state index contributed by atoms with van der Waals surface area (Å²) < 4.78 is 5.32. The Labute approximate surface area is 138 Å². The number of halogens is 1. The van der Waals surface area contributed by atoms with E-state index in [-0.39, 0.29) is 24.5 Å². The number of carbonyl (C=O) groups is 2. The van der Waals surface area contributed by atoms with E-state index in [0.717, 1.165) is 5.56 Å². The number of ether oxygens (including phenoxy) is 1. The van der Waals surface area contributed by atoms with Gasteiger partial charge in [-0.05, 0) is 36.8 Å². The first-order valence-corrected chi connectivity index (χ1v) is 7.54. The first-order valence-electron chi connectivity index (χ1n) is 7.16. The Morgan fingerprint density at radius 2 is 2.09 bits per heavy atom. The molecule has 23 heavy (non-hydrogen) atoms. The van der Waals surface area contributed by atoms with Crippen LogP contribution in [0.5, 0.6) is 5.75 Å². The largest absolute Gasteiger partial charge is 0.482 e. The Morgan fingerprint density at radius 1 is 1.30 bits per heavy atom. The van der Waals surface area contributed by atoms with Crippen LogP contribution in [0.1, 0.15) is 28.9 Å². The van der Waals surface area contributed by atoms with E-state index >= 15 is 0 Å². The molecule has 5 nitrogen and oxygen atoms in total. The molecule has 0 spiro atoms. The van der Waals surface area contributed by atoms with E-state index in [4.69, 9.17) is 16.3 Å². The van der Waals surface area contributed by atoms with Gasteiger partial charge < -0.3 is 15.4 Å². The molecule has 118 valence electrons. The van der Waals surface area contributed by atoms with E-state index in [2.05, 4.69) is 10.6 Å². The van der Waals surface area contributed by atoms with Gasteiger partial charge in [-0.2, -0.15) is 0 Å². The van der Waals surface area contributed by atoms with Gasteiger partial charge in [-0.15, -0.1) is 0 Å². The van der Waals surface area contributed by atoms with Crippen LogP contribution < -0.4 is 15.4 Å². The Hall–Kier alpha value is -2.53. The van der Waals surface area contributed by atoms with Gasteiger partial charge in [0.05, 0.1) is 11.7 Å². The summed E-state index contributed by atoms with van der Waals surface area (Å²) in [6.45, 7) is 1.82. The van der Waals surface area contributed by atoms with Crippen molar-refractivity contribution >= 4 is 29.1 Å². The highest BCUT2D eigenvalue weighted by atomic mass is 35.5. The number of rotatable bonds is 3. The van der Waals surface area contributed by atoms with E-state index in [9.17, 15) is 9.59 Å². The van der Waals surface area contributed by atoms with Gasteiger partial charge in [0.25, 0.3) is 11.8 Å². The van der Waals surface area contributed by atoms with Crippen molar-refractivity contribution in [1.29, 1.82) is 0 Å². The van der Waals surface area contributed by atoms with Crippen LogP contribution in [0.25, 0.3) is 0 Å². The Balaban J connectivity index is 1.76. The van der Waals surface area contributed by atoms with Gasteiger partial charge in [-0.3, -0.25) is 9.59 Å². The van der Waals surface area contributed by atoms with E-state index in [1.807, 2.05) is 25.1 Å². The highest BCUT2D eigenvalue weighted by Gasteiger charge is 2.19. The van der Waals surface area contributed by atoms with Crippen LogP contribution in [0.3, 0.4) is 0 Å². The average molecular weight is 331 g/mol. The van der Waals surface area contributed by atoms with Crippen LogP contribution in [0.4, 0.5) is 5.69 Å². The third kappa shape index (κ3) is 3.29. The molecular formula is C17H15ClN2O3. The van der Waals surface area contributed by atoms with Crippen molar-refractivity contribution in [2.75, 3.05) is 11.9 Å². The van der Waals surface area contributed by atoms with Gasteiger partial charge in [0.2, 0.25) is 0 Å². The number of fused-ring (bicyclic) bond motifs is 1. The van der Waals surface area contributed by atoms with Gasteiger partial charge in [0, 0.05) is 10.6 Å². The maximum absolute atomic E-state index is 12.4. The predicted molar refractivity (Wildman–Crippen MR) is 87.9 cm³/mol. The summed E-state index contributed by atoms with van der Waals surface area (Å²) >= 11 is 6.15. The fraction of sp³-hybridized carbons (Fsp3) is 0.176. The lowest BCUT2D eigenvalue weighted by Crippen LogP contribution is -2.28. The van der Waals surface area contributed by atoms with Crippen molar-refractivity contribution in [3.63, 3.8) is 0 Å². The van der Waals surface area contributed by atoms with Gasteiger partial charge in [0.1, 0.15) is 5.75 Å². The highest BCUT2D eigenvalue weighted by Crippen LogP contribution is 2.29. The van der Waals surface area contributed by atoms with E-state index < -0.39 is 0 Å². The number of hydrogen-bond donors (Lipinski definition) is 2. The molecule has 1 atom stereocenters. The molecule has 1 heterocycles. The molecule has 0 aromatic heterocycles. The van der Waals surface area contributed by atoms with Crippen LogP contribution in [0, 0.1) is 0 Å². The number of carbonyl (C=O) groups excluding carboxylic acids is 2. The first-order chi connectivity index (χ1) is 11.0. The monoisotopic (exact) mass is 330 g/mol.